The SMILES string of the molecule is CC(C)(C)OC(=O)NC(C=O)c1ccc(C(F)(F)F)cn1. The fourth-order valence-electron chi connectivity index (χ4n) is 1.37. The van der Waals surface area contributed by atoms with Crippen LogP contribution in [0.25, 0.3) is 0 Å². The minimum atomic E-state index is -4.51. The van der Waals surface area contributed by atoms with Crippen LogP contribution in [0.1, 0.15) is 38.1 Å². The Balaban J connectivity index is 2.81. The van der Waals surface area contributed by atoms with Crippen LogP contribution in [-0.4, -0.2) is 23.0 Å². The molecular weight excluding hydrogens is 289 g/mol. The van der Waals surface area contributed by atoms with Gasteiger partial charge in [0.15, 0.2) is 0 Å². The van der Waals surface area contributed by atoms with Gasteiger partial charge in [0.2, 0.25) is 0 Å². The summed E-state index contributed by atoms with van der Waals surface area (Å²) < 4.78 is 42.2. The number of rotatable bonds is 3. The first-order chi connectivity index (χ1) is 9.53. The van der Waals surface area contributed by atoms with Gasteiger partial charge in [-0.25, -0.2) is 4.79 Å². The molecular formula is C13H15F3N2O3. The van der Waals surface area contributed by atoms with E-state index in [9.17, 15) is 22.8 Å². The van der Waals surface area contributed by atoms with Gasteiger partial charge >= 0.3 is 12.3 Å². The summed E-state index contributed by atoms with van der Waals surface area (Å²) in [5.41, 5.74) is -1.71. The molecule has 1 atom stereocenters. The van der Waals surface area contributed by atoms with Gasteiger partial charge in [-0.3, -0.25) is 4.98 Å². The molecule has 0 aliphatic carbocycles. The zero-order chi connectivity index (χ0) is 16.3. The van der Waals surface area contributed by atoms with Crippen LogP contribution in [0.4, 0.5) is 18.0 Å². The molecule has 0 bridgehead atoms. The van der Waals surface area contributed by atoms with Gasteiger partial charge in [-0.1, -0.05) is 0 Å². The van der Waals surface area contributed by atoms with E-state index in [1.165, 1.54) is 0 Å². The number of alkyl halides is 3. The number of carbonyl (C=O) groups excluding carboxylic acids is 2. The Hall–Kier alpha value is -2.12. The Labute approximate surface area is 119 Å². The van der Waals surface area contributed by atoms with Crippen molar-refractivity contribution in [2.24, 2.45) is 0 Å². The molecule has 1 rings (SSSR count). The lowest BCUT2D eigenvalue weighted by molar-refractivity contribution is -0.137. The lowest BCUT2D eigenvalue weighted by atomic mass is 10.1. The lowest BCUT2D eigenvalue weighted by Gasteiger charge is -2.21. The maximum absolute atomic E-state index is 12.4. The smallest absolute Gasteiger partial charge is 0.417 e. The first kappa shape index (κ1) is 16.9. The third-order valence-electron chi connectivity index (χ3n) is 2.24. The van der Waals surface area contributed by atoms with Crippen molar-refractivity contribution < 1.29 is 27.5 Å². The molecule has 116 valence electrons. The maximum Gasteiger partial charge on any atom is 0.417 e. The first-order valence-electron chi connectivity index (χ1n) is 6.01. The number of halogens is 3. The molecule has 0 saturated carbocycles. The zero-order valence-electron chi connectivity index (χ0n) is 11.7. The number of hydrogen-bond donors (Lipinski definition) is 1. The number of aldehydes is 1. The third kappa shape index (κ3) is 5.41. The zero-order valence-corrected chi connectivity index (χ0v) is 11.7. The molecule has 0 aromatic carbocycles. The molecule has 0 saturated heterocycles. The molecule has 8 heteroatoms. The number of alkyl carbamates (subject to hydrolysis) is 1. The fraction of sp³-hybridized carbons (Fsp3) is 0.462. The summed E-state index contributed by atoms with van der Waals surface area (Å²) in [6.45, 7) is 4.91. The van der Waals surface area contributed by atoms with E-state index in [1.807, 2.05) is 0 Å². The van der Waals surface area contributed by atoms with Crippen LogP contribution >= 0.6 is 0 Å². The highest BCUT2D eigenvalue weighted by Gasteiger charge is 2.31. The second kappa shape index (κ2) is 6.11. The number of ether oxygens (including phenoxy) is 1. The van der Waals surface area contributed by atoms with Crippen molar-refractivity contribution in [2.45, 2.75) is 38.6 Å². The first-order valence-corrected chi connectivity index (χ1v) is 6.01. The number of hydrogen-bond acceptors (Lipinski definition) is 4. The third-order valence-corrected chi connectivity index (χ3v) is 2.24. The number of aromatic nitrogens is 1. The molecule has 0 fully saturated rings. The molecule has 1 heterocycles. The van der Waals surface area contributed by atoms with Crippen molar-refractivity contribution in [3.05, 3.63) is 29.6 Å². The van der Waals surface area contributed by atoms with Gasteiger partial charge in [0.25, 0.3) is 0 Å². The van der Waals surface area contributed by atoms with E-state index in [0.717, 1.165) is 12.1 Å². The van der Waals surface area contributed by atoms with Crippen molar-refractivity contribution in [1.82, 2.24) is 10.3 Å². The van der Waals surface area contributed by atoms with Crippen molar-refractivity contribution in [2.75, 3.05) is 0 Å². The molecule has 1 amide bonds. The highest BCUT2D eigenvalue weighted by Crippen LogP contribution is 2.28. The van der Waals surface area contributed by atoms with E-state index in [2.05, 4.69) is 10.3 Å². The molecule has 1 unspecified atom stereocenters. The summed E-state index contributed by atoms with van der Waals surface area (Å²) in [6, 6.07) is 0.636. The Morgan fingerprint density at radius 3 is 2.33 bits per heavy atom. The van der Waals surface area contributed by atoms with Crippen molar-refractivity contribution in [3.8, 4) is 0 Å². The van der Waals surface area contributed by atoms with Crippen LogP contribution in [0.3, 0.4) is 0 Å². The quantitative estimate of drug-likeness (QED) is 0.872. The number of nitrogens with zero attached hydrogens (tertiary/aromatic N) is 1. The highest BCUT2D eigenvalue weighted by molar-refractivity contribution is 5.74. The molecule has 5 nitrogen and oxygen atoms in total. The van der Waals surface area contributed by atoms with Gasteiger partial charge < -0.3 is 14.8 Å². The lowest BCUT2D eigenvalue weighted by Crippen LogP contribution is -2.35. The van der Waals surface area contributed by atoms with Crippen LogP contribution in [0, 0.1) is 0 Å². The summed E-state index contributed by atoms with van der Waals surface area (Å²) in [7, 11) is 0. The Morgan fingerprint density at radius 1 is 1.33 bits per heavy atom. The Kier molecular flexibility index (Phi) is 4.93. The highest BCUT2D eigenvalue weighted by atomic mass is 19.4. The molecule has 21 heavy (non-hydrogen) atoms. The minimum Gasteiger partial charge on any atom is -0.444 e. The second-order valence-electron chi connectivity index (χ2n) is 5.23. The van der Waals surface area contributed by atoms with Crippen molar-refractivity contribution in [3.63, 3.8) is 0 Å². The van der Waals surface area contributed by atoms with E-state index < -0.39 is 29.5 Å². The van der Waals surface area contributed by atoms with Gasteiger partial charge in [0.1, 0.15) is 17.9 Å². The normalized spacial score (nSPS) is 13.4. The van der Waals surface area contributed by atoms with Crippen molar-refractivity contribution >= 4 is 12.4 Å². The van der Waals surface area contributed by atoms with E-state index in [0.29, 0.717) is 12.5 Å². The topological polar surface area (TPSA) is 68.3 Å². The predicted molar refractivity (Wildman–Crippen MR) is 67.4 cm³/mol. The van der Waals surface area contributed by atoms with Crippen LogP contribution in [0.5, 0.6) is 0 Å². The van der Waals surface area contributed by atoms with Gasteiger partial charge in [0, 0.05) is 6.20 Å². The van der Waals surface area contributed by atoms with Gasteiger partial charge in [0.05, 0.1) is 11.3 Å². The maximum atomic E-state index is 12.4. The second-order valence-corrected chi connectivity index (χ2v) is 5.23. The Morgan fingerprint density at radius 2 is 1.95 bits per heavy atom. The molecule has 1 aromatic heterocycles. The van der Waals surface area contributed by atoms with Crippen LogP contribution in [0.15, 0.2) is 18.3 Å². The number of amides is 1. The average Bonchev–Trinajstić information content (AvgIpc) is 2.33. The summed E-state index contributed by atoms with van der Waals surface area (Å²) in [5, 5.41) is 2.22. The summed E-state index contributed by atoms with van der Waals surface area (Å²) in [5.74, 6) is 0. The molecule has 0 radical (unpaired) electrons. The average molecular weight is 304 g/mol. The molecule has 1 aromatic rings. The molecule has 1 N–H and O–H groups in total. The monoisotopic (exact) mass is 304 g/mol. The fourth-order valence-corrected chi connectivity index (χ4v) is 1.37. The summed E-state index contributed by atoms with van der Waals surface area (Å²) in [6.07, 6.45) is -4.41. The molecule has 0 aliphatic heterocycles. The summed E-state index contributed by atoms with van der Waals surface area (Å²) in [4.78, 5) is 26.0. The summed E-state index contributed by atoms with van der Waals surface area (Å²) >= 11 is 0. The standard InChI is InChI=1S/C13H15F3N2O3/c1-12(2,3)21-11(20)18-10(7-19)9-5-4-8(6-17-9)13(14,15)16/h4-7,10H,1-3H3,(H,18,20). The Bertz CT molecular complexity index is 507. The largest absolute Gasteiger partial charge is 0.444 e. The predicted octanol–water partition coefficient (Wildman–Crippen LogP) is 2.87. The number of carbonyl (C=O) groups is 2. The van der Waals surface area contributed by atoms with Crippen LogP contribution in [0.2, 0.25) is 0 Å². The van der Waals surface area contributed by atoms with Gasteiger partial charge in [-0.05, 0) is 32.9 Å². The number of pyridine rings is 1. The van der Waals surface area contributed by atoms with E-state index in [4.69, 9.17) is 4.74 Å². The van der Waals surface area contributed by atoms with Crippen LogP contribution < -0.4 is 5.32 Å². The van der Waals surface area contributed by atoms with Gasteiger partial charge in [-0.15, -0.1) is 0 Å². The van der Waals surface area contributed by atoms with Crippen LogP contribution in [-0.2, 0) is 15.7 Å². The van der Waals surface area contributed by atoms with Gasteiger partial charge in [-0.2, -0.15) is 13.2 Å². The minimum absolute atomic E-state index is 0.0103. The number of nitrogens with one attached hydrogen (secondary N) is 1. The van der Waals surface area contributed by atoms with Crippen molar-refractivity contribution in [1.29, 1.82) is 0 Å². The van der Waals surface area contributed by atoms with E-state index in [1.54, 1.807) is 20.8 Å². The van der Waals surface area contributed by atoms with E-state index >= 15 is 0 Å². The molecule has 0 spiro atoms. The molecule has 0 aliphatic rings. The van der Waals surface area contributed by atoms with E-state index in [-0.39, 0.29) is 5.69 Å².